The number of aryl methyl sites for hydroxylation is 1. The fourth-order valence-corrected chi connectivity index (χ4v) is 1.68. The van der Waals surface area contributed by atoms with Gasteiger partial charge in [0, 0.05) is 19.8 Å². The van der Waals surface area contributed by atoms with E-state index in [4.69, 9.17) is 9.47 Å². The summed E-state index contributed by atoms with van der Waals surface area (Å²) in [7, 11) is 0. The summed E-state index contributed by atoms with van der Waals surface area (Å²) in [5, 5.41) is 3.26. The molecular formula is C15H24FNO2. The van der Waals surface area contributed by atoms with Crippen molar-refractivity contribution in [2.45, 2.75) is 26.7 Å². The van der Waals surface area contributed by atoms with E-state index in [2.05, 4.69) is 5.32 Å². The second kappa shape index (κ2) is 9.75. The molecule has 0 radical (unpaired) electrons. The minimum absolute atomic E-state index is 0.303. The van der Waals surface area contributed by atoms with E-state index in [1.54, 1.807) is 12.1 Å². The molecule has 0 heterocycles. The number of benzene rings is 1. The lowest BCUT2D eigenvalue weighted by atomic mass is 10.2. The minimum Gasteiger partial charge on any atom is -0.489 e. The predicted octanol–water partition coefficient (Wildman–Crippen LogP) is 2.92. The van der Waals surface area contributed by atoms with Gasteiger partial charge in [-0.3, -0.25) is 0 Å². The van der Waals surface area contributed by atoms with Gasteiger partial charge in [0.2, 0.25) is 0 Å². The fraction of sp³-hybridized carbons (Fsp3) is 0.600. The maximum atomic E-state index is 13.4. The van der Waals surface area contributed by atoms with E-state index in [-0.39, 0.29) is 5.82 Å². The Morgan fingerprint density at radius 3 is 2.79 bits per heavy atom. The number of hydrogen-bond donors (Lipinski definition) is 1. The third kappa shape index (κ3) is 7.13. The summed E-state index contributed by atoms with van der Waals surface area (Å²) in [5.74, 6) is 0.0282. The second-order valence-corrected chi connectivity index (χ2v) is 4.44. The van der Waals surface area contributed by atoms with E-state index in [0.29, 0.717) is 12.4 Å². The van der Waals surface area contributed by atoms with E-state index in [0.717, 1.165) is 44.7 Å². The maximum absolute atomic E-state index is 13.4. The highest BCUT2D eigenvalue weighted by Gasteiger charge is 2.02. The van der Waals surface area contributed by atoms with Gasteiger partial charge in [0.15, 0.2) is 11.6 Å². The van der Waals surface area contributed by atoms with Gasteiger partial charge in [0.25, 0.3) is 0 Å². The van der Waals surface area contributed by atoms with Gasteiger partial charge in [-0.15, -0.1) is 0 Å². The summed E-state index contributed by atoms with van der Waals surface area (Å²) < 4.78 is 24.0. The monoisotopic (exact) mass is 269 g/mol. The van der Waals surface area contributed by atoms with Crippen molar-refractivity contribution in [3.63, 3.8) is 0 Å². The molecule has 0 spiro atoms. The Morgan fingerprint density at radius 1 is 1.16 bits per heavy atom. The van der Waals surface area contributed by atoms with Crippen LogP contribution in [0.25, 0.3) is 0 Å². The molecule has 0 fully saturated rings. The molecule has 108 valence electrons. The molecule has 4 heteroatoms. The number of hydrogen-bond acceptors (Lipinski definition) is 3. The molecular weight excluding hydrogens is 245 g/mol. The van der Waals surface area contributed by atoms with Crippen molar-refractivity contribution >= 4 is 0 Å². The Hall–Kier alpha value is -1.13. The SMILES string of the molecule is CCOCCCCNCCOc1cc(C)ccc1F. The molecule has 0 aliphatic rings. The highest BCUT2D eigenvalue weighted by molar-refractivity contribution is 5.29. The number of unbranched alkanes of at least 4 members (excludes halogenated alkanes) is 1. The molecule has 0 amide bonds. The van der Waals surface area contributed by atoms with Crippen LogP contribution in [0.2, 0.25) is 0 Å². The molecule has 0 saturated heterocycles. The summed E-state index contributed by atoms with van der Waals surface area (Å²) in [6, 6.07) is 4.89. The Bertz CT molecular complexity index is 358. The van der Waals surface area contributed by atoms with Gasteiger partial charge >= 0.3 is 0 Å². The van der Waals surface area contributed by atoms with E-state index < -0.39 is 0 Å². The molecule has 1 aromatic carbocycles. The zero-order chi connectivity index (χ0) is 13.9. The van der Waals surface area contributed by atoms with Crippen LogP contribution in [0, 0.1) is 12.7 Å². The van der Waals surface area contributed by atoms with Gasteiger partial charge < -0.3 is 14.8 Å². The van der Waals surface area contributed by atoms with E-state index in [9.17, 15) is 4.39 Å². The van der Waals surface area contributed by atoms with E-state index in [1.165, 1.54) is 6.07 Å². The lowest BCUT2D eigenvalue weighted by Gasteiger charge is -2.09. The molecule has 1 rings (SSSR count). The number of ether oxygens (including phenoxy) is 2. The van der Waals surface area contributed by atoms with Crippen molar-refractivity contribution in [3.8, 4) is 5.75 Å². The van der Waals surface area contributed by atoms with Gasteiger partial charge in [0.1, 0.15) is 6.61 Å². The number of rotatable bonds is 10. The molecule has 3 nitrogen and oxygen atoms in total. The Balaban J connectivity index is 2.03. The Kier molecular flexibility index (Phi) is 8.18. The summed E-state index contributed by atoms with van der Waals surface area (Å²) >= 11 is 0. The number of nitrogens with one attached hydrogen (secondary N) is 1. The molecule has 0 aliphatic heterocycles. The summed E-state index contributed by atoms with van der Waals surface area (Å²) in [6.45, 7) is 7.66. The quantitative estimate of drug-likeness (QED) is 0.662. The van der Waals surface area contributed by atoms with Gasteiger partial charge in [-0.2, -0.15) is 0 Å². The second-order valence-electron chi connectivity index (χ2n) is 4.44. The summed E-state index contributed by atoms with van der Waals surface area (Å²) in [5.41, 5.74) is 1.00. The zero-order valence-corrected chi connectivity index (χ0v) is 11.9. The van der Waals surface area contributed by atoms with Crippen molar-refractivity contribution in [3.05, 3.63) is 29.6 Å². The van der Waals surface area contributed by atoms with Gasteiger partial charge in [0.05, 0.1) is 0 Å². The third-order valence-electron chi connectivity index (χ3n) is 2.72. The predicted molar refractivity (Wildman–Crippen MR) is 75.2 cm³/mol. The lowest BCUT2D eigenvalue weighted by molar-refractivity contribution is 0.143. The fourth-order valence-electron chi connectivity index (χ4n) is 1.68. The van der Waals surface area contributed by atoms with Crippen LogP contribution in [-0.2, 0) is 4.74 Å². The molecule has 0 atom stereocenters. The highest BCUT2D eigenvalue weighted by atomic mass is 19.1. The first-order valence-electron chi connectivity index (χ1n) is 6.91. The van der Waals surface area contributed by atoms with Crippen LogP contribution in [0.15, 0.2) is 18.2 Å². The largest absolute Gasteiger partial charge is 0.489 e. The average molecular weight is 269 g/mol. The van der Waals surface area contributed by atoms with E-state index in [1.807, 2.05) is 13.8 Å². The van der Waals surface area contributed by atoms with Gasteiger partial charge in [-0.25, -0.2) is 4.39 Å². The molecule has 0 saturated carbocycles. The van der Waals surface area contributed by atoms with Crippen molar-refractivity contribution in [1.29, 1.82) is 0 Å². The molecule has 1 N–H and O–H groups in total. The average Bonchev–Trinajstić information content (AvgIpc) is 2.40. The zero-order valence-electron chi connectivity index (χ0n) is 11.9. The van der Waals surface area contributed by atoms with Crippen LogP contribution in [0.3, 0.4) is 0 Å². The van der Waals surface area contributed by atoms with E-state index >= 15 is 0 Å². The molecule has 19 heavy (non-hydrogen) atoms. The maximum Gasteiger partial charge on any atom is 0.165 e. The molecule has 0 unspecified atom stereocenters. The van der Waals surface area contributed by atoms with Crippen LogP contribution in [-0.4, -0.2) is 32.9 Å². The lowest BCUT2D eigenvalue weighted by Crippen LogP contribution is -2.22. The van der Waals surface area contributed by atoms with Crippen LogP contribution in [0.4, 0.5) is 4.39 Å². The molecule has 0 aromatic heterocycles. The van der Waals surface area contributed by atoms with Crippen LogP contribution >= 0.6 is 0 Å². The molecule has 0 bridgehead atoms. The minimum atomic E-state index is -0.303. The van der Waals surface area contributed by atoms with Crippen molar-refractivity contribution < 1.29 is 13.9 Å². The smallest absolute Gasteiger partial charge is 0.165 e. The summed E-state index contributed by atoms with van der Waals surface area (Å²) in [6.07, 6.45) is 2.15. The van der Waals surface area contributed by atoms with Crippen molar-refractivity contribution in [2.75, 3.05) is 32.9 Å². The topological polar surface area (TPSA) is 30.5 Å². The normalized spacial score (nSPS) is 10.7. The highest BCUT2D eigenvalue weighted by Crippen LogP contribution is 2.17. The van der Waals surface area contributed by atoms with Crippen LogP contribution in [0.1, 0.15) is 25.3 Å². The Morgan fingerprint density at radius 2 is 2.00 bits per heavy atom. The first-order valence-corrected chi connectivity index (χ1v) is 6.91. The van der Waals surface area contributed by atoms with Crippen LogP contribution in [0.5, 0.6) is 5.75 Å². The van der Waals surface area contributed by atoms with Crippen molar-refractivity contribution in [2.24, 2.45) is 0 Å². The number of halogens is 1. The third-order valence-corrected chi connectivity index (χ3v) is 2.72. The molecule has 0 aliphatic carbocycles. The first-order chi connectivity index (χ1) is 9.24. The summed E-state index contributed by atoms with van der Waals surface area (Å²) in [4.78, 5) is 0. The van der Waals surface area contributed by atoms with Crippen LogP contribution < -0.4 is 10.1 Å². The molecule has 1 aromatic rings. The van der Waals surface area contributed by atoms with Gasteiger partial charge in [-0.05, 0) is 50.9 Å². The first kappa shape index (κ1) is 15.9. The van der Waals surface area contributed by atoms with Crippen molar-refractivity contribution in [1.82, 2.24) is 5.32 Å². The van der Waals surface area contributed by atoms with Gasteiger partial charge in [-0.1, -0.05) is 6.07 Å². The Labute approximate surface area is 115 Å². The standard InChI is InChI=1S/C15H24FNO2/c1-3-18-10-5-4-8-17-9-11-19-15-12-13(2)6-7-14(15)16/h6-7,12,17H,3-5,8-11H2,1-2H3.